The van der Waals surface area contributed by atoms with Gasteiger partial charge in [-0.25, -0.2) is 5.43 Å². The third kappa shape index (κ3) is 6.58. The van der Waals surface area contributed by atoms with Gasteiger partial charge in [-0.1, -0.05) is 77.5 Å². The third-order valence-corrected chi connectivity index (χ3v) is 6.38. The summed E-state index contributed by atoms with van der Waals surface area (Å²) in [4.78, 5) is 12.7. The highest BCUT2D eigenvalue weighted by atomic mass is 32.2. The number of para-hydroxylation sites is 1. The van der Waals surface area contributed by atoms with Crippen LogP contribution in [-0.4, -0.2) is 32.1 Å². The molecule has 1 heterocycles. The number of aromatic nitrogens is 3. The second-order valence-corrected chi connectivity index (χ2v) is 9.50. The Morgan fingerprint density at radius 3 is 2.31 bits per heavy atom. The molecule has 1 atom stereocenters. The Morgan fingerprint density at radius 2 is 1.63 bits per heavy atom. The van der Waals surface area contributed by atoms with E-state index in [0.717, 1.165) is 22.8 Å². The van der Waals surface area contributed by atoms with E-state index in [0.29, 0.717) is 11.7 Å². The minimum absolute atomic E-state index is 0.208. The monoisotopic (exact) mass is 484 g/mol. The van der Waals surface area contributed by atoms with Gasteiger partial charge in [0.15, 0.2) is 11.0 Å². The summed E-state index contributed by atoms with van der Waals surface area (Å²) in [5.41, 5.74) is 7.87. The minimum atomic E-state index is -0.422. The van der Waals surface area contributed by atoms with Crippen LogP contribution in [0.4, 0.5) is 5.69 Å². The van der Waals surface area contributed by atoms with Crippen molar-refractivity contribution in [2.24, 2.45) is 5.10 Å². The average molecular weight is 485 g/mol. The van der Waals surface area contributed by atoms with Crippen LogP contribution in [-0.2, 0) is 11.3 Å². The van der Waals surface area contributed by atoms with E-state index in [1.807, 2.05) is 85.1 Å². The first-order valence-corrected chi connectivity index (χ1v) is 12.2. The fourth-order valence-corrected chi connectivity index (χ4v) is 4.19. The van der Waals surface area contributed by atoms with Crippen molar-refractivity contribution in [1.29, 1.82) is 0 Å². The molecule has 4 aromatic rings. The van der Waals surface area contributed by atoms with Crippen LogP contribution >= 0.6 is 11.8 Å². The Bertz CT molecular complexity index is 1280. The van der Waals surface area contributed by atoms with Crippen LogP contribution in [0.2, 0.25) is 0 Å². The molecule has 0 spiro atoms. The number of nitrogens with zero attached hydrogens (tertiary/aromatic N) is 4. The lowest BCUT2D eigenvalue weighted by Crippen LogP contribution is -2.27. The van der Waals surface area contributed by atoms with Crippen LogP contribution in [0.25, 0.3) is 5.69 Å². The van der Waals surface area contributed by atoms with Crippen LogP contribution in [0.15, 0.2) is 89.1 Å². The predicted molar refractivity (Wildman–Crippen MR) is 142 cm³/mol. The highest BCUT2D eigenvalue weighted by Gasteiger charge is 2.21. The third-order valence-electron chi connectivity index (χ3n) is 5.33. The number of anilines is 1. The maximum Gasteiger partial charge on any atom is 0.253 e. The molecule has 0 radical (unpaired) electrons. The summed E-state index contributed by atoms with van der Waals surface area (Å²) < 4.78 is 1.98. The molecule has 178 valence electrons. The summed E-state index contributed by atoms with van der Waals surface area (Å²) in [5.74, 6) is 0.546. The molecule has 1 aromatic heterocycles. The topological polar surface area (TPSA) is 84.2 Å². The molecular weight excluding hydrogens is 456 g/mol. The molecule has 35 heavy (non-hydrogen) atoms. The van der Waals surface area contributed by atoms with Crippen molar-refractivity contribution in [3.63, 3.8) is 0 Å². The van der Waals surface area contributed by atoms with Gasteiger partial charge in [0.25, 0.3) is 5.91 Å². The van der Waals surface area contributed by atoms with Gasteiger partial charge in [-0.2, -0.15) is 5.10 Å². The van der Waals surface area contributed by atoms with Crippen LogP contribution in [0, 0.1) is 13.8 Å². The number of hydrogen-bond donors (Lipinski definition) is 2. The van der Waals surface area contributed by atoms with Gasteiger partial charge < -0.3 is 5.32 Å². The first-order chi connectivity index (χ1) is 17.0. The Balaban J connectivity index is 1.46. The Hall–Kier alpha value is -3.91. The number of carbonyl (C=O) groups excluding carboxylic acids is 1. The summed E-state index contributed by atoms with van der Waals surface area (Å²) in [5, 5.41) is 16.5. The van der Waals surface area contributed by atoms with Gasteiger partial charge in [-0.3, -0.25) is 9.36 Å². The maximum atomic E-state index is 12.7. The minimum Gasteiger partial charge on any atom is -0.378 e. The van der Waals surface area contributed by atoms with Crippen LogP contribution < -0.4 is 10.7 Å². The zero-order valence-corrected chi connectivity index (χ0v) is 20.8. The molecule has 0 aliphatic rings. The number of carbonyl (C=O) groups is 1. The second-order valence-electron chi connectivity index (χ2n) is 8.19. The van der Waals surface area contributed by atoms with E-state index in [-0.39, 0.29) is 5.91 Å². The molecule has 3 aromatic carbocycles. The van der Waals surface area contributed by atoms with Crippen LogP contribution in [0.3, 0.4) is 0 Å². The quantitative estimate of drug-likeness (QED) is 0.196. The van der Waals surface area contributed by atoms with Gasteiger partial charge in [0.2, 0.25) is 0 Å². The van der Waals surface area contributed by atoms with E-state index in [9.17, 15) is 4.79 Å². The molecule has 0 bridgehead atoms. The molecule has 0 aliphatic carbocycles. The Morgan fingerprint density at radius 1 is 0.971 bits per heavy atom. The number of thioether (sulfide) groups is 1. The molecule has 0 aliphatic heterocycles. The van der Waals surface area contributed by atoms with E-state index >= 15 is 0 Å². The number of amides is 1. The molecule has 1 unspecified atom stereocenters. The highest BCUT2D eigenvalue weighted by molar-refractivity contribution is 8.00. The molecule has 0 saturated carbocycles. The highest BCUT2D eigenvalue weighted by Crippen LogP contribution is 2.26. The van der Waals surface area contributed by atoms with Crippen molar-refractivity contribution in [2.45, 2.75) is 37.7 Å². The molecule has 0 fully saturated rings. The van der Waals surface area contributed by atoms with Crippen molar-refractivity contribution in [2.75, 3.05) is 5.32 Å². The van der Waals surface area contributed by atoms with Crippen LogP contribution in [0.1, 0.15) is 29.4 Å². The SMILES string of the molecule is Cc1ccc(C=NNC(=O)C(C)Sc2nnc(CNc3ccc(C)cc3)n2-c2ccccc2)cc1. The Kier molecular flexibility index (Phi) is 7.95. The summed E-state index contributed by atoms with van der Waals surface area (Å²) in [7, 11) is 0. The summed E-state index contributed by atoms with van der Waals surface area (Å²) in [6.07, 6.45) is 1.63. The fraction of sp³-hybridized carbons (Fsp3) is 0.185. The van der Waals surface area contributed by atoms with Crippen molar-refractivity contribution < 1.29 is 4.79 Å². The molecule has 4 rings (SSSR count). The summed E-state index contributed by atoms with van der Waals surface area (Å²) >= 11 is 1.34. The van der Waals surface area contributed by atoms with Gasteiger partial charge in [0.05, 0.1) is 18.0 Å². The number of benzene rings is 3. The molecule has 7 nitrogen and oxygen atoms in total. The van der Waals surface area contributed by atoms with Crippen molar-refractivity contribution in [3.8, 4) is 5.69 Å². The Labute approximate surface area is 209 Å². The predicted octanol–water partition coefficient (Wildman–Crippen LogP) is 5.13. The van der Waals surface area contributed by atoms with Crippen molar-refractivity contribution in [1.82, 2.24) is 20.2 Å². The summed E-state index contributed by atoms with van der Waals surface area (Å²) in [6, 6.07) is 26.0. The van der Waals surface area contributed by atoms with Gasteiger partial charge in [-0.05, 0) is 50.6 Å². The van der Waals surface area contributed by atoms with Gasteiger partial charge in [0.1, 0.15) is 0 Å². The molecule has 2 N–H and O–H groups in total. The van der Waals surface area contributed by atoms with E-state index in [2.05, 4.69) is 45.1 Å². The number of nitrogens with one attached hydrogen (secondary N) is 2. The summed E-state index contributed by atoms with van der Waals surface area (Å²) in [6.45, 7) is 6.41. The zero-order valence-electron chi connectivity index (χ0n) is 20.0. The van der Waals surface area contributed by atoms with E-state index in [4.69, 9.17) is 0 Å². The van der Waals surface area contributed by atoms with Gasteiger partial charge in [0, 0.05) is 11.4 Å². The molecule has 0 saturated heterocycles. The maximum absolute atomic E-state index is 12.7. The van der Waals surface area contributed by atoms with E-state index < -0.39 is 5.25 Å². The second kappa shape index (κ2) is 11.5. The lowest BCUT2D eigenvalue weighted by molar-refractivity contribution is -0.120. The first kappa shape index (κ1) is 24.2. The first-order valence-electron chi connectivity index (χ1n) is 11.4. The zero-order chi connectivity index (χ0) is 24.6. The smallest absolute Gasteiger partial charge is 0.253 e. The van der Waals surface area contributed by atoms with Crippen molar-refractivity contribution in [3.05, 3.63) is 101 Å². The normalized spacial score (nSPS) is 12.0. The number of aryl methyl sites for hydroxylation is 2. The van der Waals surface area contributed by atoms with E-state index in [1.165, 1.54) is 22.9 Å². The molecule has 1 amide bonds. The number of rotatable bonds is 9. The fourth-order valence-electron chi connectivity index (χ4n) is 3.31. The van der Waals surface area contributed by atoms with Crippen LogP contribution in [0.5, 0.6) is 0 Å². The van der Waals surface area contributed by atoms with Gasteiger partial charge in [-0.15, -0.1) is 10.2 Å². The van der Waals surface area contributed by atoms with Crippen molar-refractivity contribution >= 4 is 29.6 Å². The lowest BCUT2D eigenvalue weighted by Gasteiger charge is -2.13. The number of hydrogen-bond acceptors (Lipinski definition) is 6. The van der Waals surface area contributed by atoms with Gasteiger partial charge >= 0.3 is 0 Å². The largest absolute Gasteiger partial charge is 0.378 e. The molecule has 8 heteroatoms. The number of hydrazone groups is 1. The lowest BCUT2D eigenvalue weighted by atomic mass is 10.2. The standard InChI is InChI=1S/C27H28N6OS/c1-19-9-13-22(14-10-19)17-29-31-26(34)21(3)35-27-32-30-25(33(27)24-7-5-4-6-8-24)18-28-23-15-11-20(2)12-16-23/h4-17,21,28H,18H2,1-3H3,(H,31,34). The average Bonchev–Trinajstić information content (AvgIpc) is 3.27. The van der Waals surface area contributed by atoms with E-state index in [1.54, 1.807) is 6.21 Å². The molecular formula is C27H28N6OS.